The number of benzene rings is 6. The average Bonchev–Trinajstić information content (AvgIpc) is 3.65. The zero-order valence-corrected chi connectivity index (χ0v) is 23.1. The van der Waals surface area contributed by atoms with Crippen LogP contribution in [-0.2, 0) is 0 Å². The molecule has 0 N–H and O–H groups in total. The lowest BCUT2D eigenvalue weighted by molar-refractivity contribution is 0.668. The van der Waals surface area contributed by atoms with Crippen LogP contribution in [0.15, 0.2) is 124 Å². The van der Waals surface area contributed by atoms with Crippen LogP contribution in [0.4, 0.5) is 0 Å². The Morgan fingerprint density at radius 2 is 0.886 bits per heavy atom. The number of para-hydroxylation sites is 2. The Bertz CT molecular complexity index is 2570. The Hall–Kier alpha value is -6.61. The first-order valence-corrected chi connectivity index (χ1v) is 14.0. The van der Waals surface area contributed by atoms with Crippen molar-refractivity contribution in [3.05, 3.63) is 132 Å². The molecular weight excluding hydrogens is 542 g/mol. The number of nitrogens with zero attached hydrogens (tertiary/aromatic N) is 3. The fraction of sp³-hybridized carbons (Fsp3) is 0. The minimum absolute atomic E-state index is 0.354. The molecular formula is C39H19N3O2. The zero-order valence-electron chi connectivity index (χ0n) is 23.1. The van der Waals surface area contributed by atoms with E-state index in [2.05, 4.69) is 30.3 Å². The highest BCUT2D eigenvalue weighted by molar-refractivity contribution is 6.08. The van der Waals surface area contributed by atoms with Crippen LogP contribution in [0.3, 0.4) is 0 Å². The zero-order chi connectivity index (χ0) is 29.8. The largest absolute Gasteiger partial charge is 0.456 e. The van der Waals surface area contributed by atoms with Gasteiger partial charge < -0.3 is 8.83 Å². The van der Waals surface area contributed by atoms with Crippen LogP contribution in [0.5, 0.6) is 0 Å². The molecule has 0 aliphatic heterocycles. The number of furan rings is 2. The summed E-state index contributed by atoms with van der Waals surface area (Å²) in [6.07, 6.45) is 0. The van der Waals surface area contributed by atoms with Crippen molar-refractivity contribution >= 4 is 43.9 Å². The van der Waals surface area contributed by atoms with Crippen LogP contribution in [0.2, 0.25) is 0 Å². The Labute approximate surface area is 251 Å². The van der Waals surface area contributed by atoms with E-state index in [0.29, 0.717) is 27.8 Å². The molecule has 8 rings (SSSR count). The van der Waals surface area contributed by atoms with E-state index >= 15 is 0 Å². The van der Waals surface area contributed by atoms with Gasteiger partial charge in [0.05, 0.1) is 28.8 Å². The van der Waals surface area contributed by atoms with E-state index in [1.807, 2.05) is 84.9 Å². The minimum Gasteiger partial charge on any atom is -0.456 e. The molecule has 0 spiro atoms. The van der Waals surface area contributed by atoms with Crippen LogP contribution in [0.1, 0.15) is 16.7 Å². The van der Waals surface area contributed by atoms with E-state index < -0.39 is 0 Å². The first-order chi connectivity index (χ1) is 21.6. The molecule has 0 fully saturated rings. The van der Waals surface area contributed by atoms with Crippen LogP contribution >= 0.6 is 0 Å². The van der Waals surface area contributed by atoms with Crippen molar-refractivity contribution in [2.45, 2.75) is 0 Å². The van der Waals surface area contributed by atoms with E-state index in [-0.39, 0.29) is 0 Å². The summed E-state index contributed by atoms with van der Waals surface area (Å²) in [6.45, 7) is 0. The van der Waals surface area contributed by atoms with Gasteiger partial charge in [-0.25, -0.2) is 0 Å². The monoisotopic (exact) mass is 561 g/mol. The van der Waals surface area contributed by atoms with Crippen molar-refractivity contribution < 1.29 is 8.83 Å². The normalized spacial score (nSPS) is 11.1. The molecule has 5 heteroatoms. The molecule has 0 amide bonds. The molecule has 2 aromatic heterocycles. The fourth-order valence-corrected chi connectivity index (χ4v) is 6.10. The summed E-state index contributed by atoms with van der Waals surface area (Å²) in [5.41, 5.74) is 9.04. The number of nitriles is 3. The van der Waals surface area contributed by atoms with Gasteiger partial charge in [-0.15, -0.1) is 0 Å². The van der Waals surface area contributed by atoms with Crippen molar-refractivity contribution in [3.8, 4) is 51.6 Å². The molecule has 202 valence electrons. The molecule has 0 radical (unpaired) electrons. The third kappa shape index (κ3) is 3.92. The molecule has 6 aromatic carbocycles. The van der Waals surface area contributed by atoms with Gasteiger partial charge in [0, 0.05) is 32.7 Å². The van der Waals surface area contributed by atoms with Gasteiger partial charge in [-0.1, -0.05) is 48.5 Å². The van der Waals surface area contributed by atoms with Crippen molar-refractivity contribution in [2.75, 3.05) is 0 Å². The molecule has 2 heterocycles. The van der Waals surface area contributed by atoms with E-state index in [1.54, 1.807) is 18.2 Å². The molecule has 0 atom stereocenters. The van der Waals surface area contributed by atoms with Crippen LogP contribution in [0.25, 0.3) is 77.3 Å². The van der Waals surface area contributed by atoms with Crippen molar-refractivity contribution in [1.82, 2.24) is 0 Å². The maximum absolute atomic E-state index is 10.6. The lowest BCUT2D eigenvalue weighted by Gasteiger charge is -2.15. The van der Waals surface area contributed by atoms with Crippen LogP contribution in [0, 0.1) is 34.0 Å². The standard InChI is InChI=1S/C39H19N3O2/c40-20-23-13-24(21-41)15-28(14-23)32-19-27(25-9-11-38-33(16-25)29-5-1-3-7-36(29)43-38)18-31(35(32)22-42)26-10-12-39-34(17-26)30-6-2-4-8-37(30)44-39/h1-19H. The second-order valence-electron chi connectivity index (χ2n) is 10.7. The quantitative estimate of drug-likeness (QED) is 0.214. The summed E-state index contributed by atoms with van der Waals surface area (Å²) in [6, 6.07) is 43.6. The number of hydrogen-bond donors (Lipinski definition) is 0. The number of fused-ring (bicyclic) bond motifs is 6. The van der Waals surface area contributed by atoms with Crippen LogP contribution in [-0.4, -0.2) is 0 Å². The minimum atomic E-state index is 0.354. The van der Waals surface area contributed by atoms with E-state index in [1.165, 1.54) is 0 Å². The van der Waals surface area contributed by atoms with Gasteiger partial charge in [0.25, 0.3) is 0 Å². The van der Waals surface area contributed by atoms with Gasteiger partial charge in [0.1, 0.15) is 28.4 Å². The molecule has 44 heavy (non-hydrogen) atoms. The van der Waals surface area contributed by atoms with E-state index in [0.717, 1.165) is 66.1 Å². The fourth-order valence-electron chi connectivity index (χ4n) is 6.10. The number of rotatable bonds is 3. The van der Waals surface area contributed by atoms with Gasteiger partial charge in [-0.2, -0.15) is 15.8 Å². The van der Waals surface area contributed by atoms with Gasteiger partial charge in [-0.05, 0) is 89.0 Å². The predicted octanol–water partition coefficient (Wildman–Crippen LogP) is 10.1. The Balaban J connectivity index is 1.43. The summed E-state index contributed by atoms with van der Waals surface area (Å²) in [7, 11) is 0. The first-order valence-electron chi connectivity index (χ1n) is 14.0. The molecule has 0 saturated carbocycles. The molecule has 0 bridgehead atoms. The highest BCUT2D eigenvalue weighted by Gasteiger charge is 2.19. The van der Waals surface area contributed by atoms with Crippen molar-refractivity contribution in [2.24, 2.45) is 0 Å². The molecule has 0 aliphatic rings. The van der Waals surface area contributed by atoms with E-state index in [4.69, 9.17) is 8.83 Å². The SMILES string of the molecule is N#Cc1cc(C#N)cc(-c2cc(-c3ccc4oc5ccccc5c4c3)cc(-c3ccc4oc5ccccc5c4c3)c2C#N)c1. The Kier molecular flexibility index (Phi) is 5.56. The molecule has 0 saturated heterocycles. The topological polar surface area (TPSA) is 97.7 Å². The number of hydrogen-bond acceptors (Lipinski definition) is 5. The van der Waals surface area contributed by atoms with Gasteiger partial charge >= 0.3 is 0 Å². The van der Waals surface area contributed by atoms with Gasteiger partial charge in [-0.3, -0.25) is 0 Å². The first kappa shape index (κ1) is 25.1. The van der Waals surface area contributed by atoms with Gasteiger partial charge in [0.2, 0.25) is 0 Å². The summed E-state index contributed by atoms with van der Waals surface area (Å²) >= 11 is 0. The summed E-state index contributed by atoms with van der Waals surface area (Å²) in [5.74, 6) is 0. The summed E-state index contributed by atoms with van der Waals surface area (Å²) in [5, 5.41) is 34.0. The summed E-state index contributed by atoms with van der Waals surface area (Å²) in [4.78, 5) is 0. The predicted molar refractivity (Wildman–Crippen MR) is 171 cm³/mol. The molecule has 0 unspecified atom stereocenters. The maximum Gasteiger partial charge on any atom is 0.135 e. The maximum atomic E-state index is 10.6. The molecule has 5 nitrogen and oxygen atoms in total. The second kappa shape index (κ2) is 9.74. The lowest BCUT2D eigenvalue weighted by atomic mass is 9.87. The Morgan fingerprint density at radius 3 is 1.45 bits per heavy atom. The smallest absolute Gasteiger partial charge is 0.135 e. The van der Waals surface area contributed by atoms with E-state index in [9.17, 15) is 15.8 Å². The third-order valence-electron chi connectivity index (χ3n) is 8.15. The Morgan fingerprint density at radius 1 is 0.386 bits per heavy atom. The molecule has 0 aliphatic carbocycles. The molecule has 8 aromatic rings. The highest BCUT2D eigenvalue weighted by Crippen LogP contribution is 2.41. The summed E-state index contributed by atoms with van der Waals surface area (Å²) < 4.78 is 12.1. The second-order valence-corrected chi connectivity index (χ2v) is 10.7. The van der Waals surface area contributed by atoms with Crippen LogP contribution < -0.4 is 0 Å². The lowest BCUT2D eigenvalue weighted by Crippen LogP contribution is -1.94. The van der Waals surface area contributed by atoms with Gasteiger partial charge in [0.15, 0.2) is 0 Å². The van der Waals surface area contributed by atoms with Crippen molar-refractivity contribution in [1.29, 1.82) is 15.8 Å². The highest BCUT2D eigenvalue weighted by atomic mass is 16.3. The van der Waals surface area contributed by atoms with Crippen molar-refractivity contribution in [3.63, 3.8) is 0 Å². The third-order valence-corrected chi connectivity index (χ3v) is 8.15. The average molecular weight is 562 g/mol.